The average Bonchev–Trinajstić information content (AvgIpc) is 2.94. The van der Waals surface area contributed by atoms with Gasteiger partial charge in [0.2, 0.25) is 0 Å². The summed E-state index contributed by atoms with van der Waals surface area (Å²) in [6.07, 6.45) is -6.00. The molecule has 0 aromatic heterocycles. The van der Waals surface area contributed by atoms with E-state index >= 15 is 0 Å². The van der Waals surface area contributed by atoms with E-state index in [-0.39, 0.29) is 16.3 Å². The molecule has 136 valence electrons. The molecule has 1 aliphatic heterocycles. The summed E-state index contributed by atoms with van der Waals surface area (Å²) in [6.45, 7) is 0. The molecule has 1 heterocycles. The van der Waals surface area contributed by atoms with E-state index in [0.29, 0.717) is 15.6 Å². The number of benzene rings is 2. The van der Waals surface area contributed by atoms with Crippen LogP contribution in [-0.2, 0) is 0 Å². The molecule has 0 saturated heterocycles. The Morgan fingerprint density at radius 1 is 1.04 bits per heavy atom. The number of amides is 1. The zero-order valence-corrected chi connectivity index (χ0v) is 14.5. The van der Waals surface area contributed by atoms with Gasteiger partial charge in [0, 0.05) is 15.6 Å². The van der Waals surface area contributed by atoms with Crippen LogP contribution in [0.15, 0.2) is 53.6 Å². The summed E-state index contributed by atoms with van der Waals surface area (Å²) in [5.41, 5.74) is -3.29. The molecular formula is C17H11Cl2F3N2O2. The zero-order valence-electron chi connectivity index (χ0n) is 13.0. The number of nitrogens with zero attached hydrogens (tertiary/aromatic N) is 2. The fourth-order valence-corrected chi connectivity index (χ4v) is 2.75. The molecule has 1 amide bonds. The Morgan fingerprint density at radius 3 is 2.04 bits per heavy atom. The Kier molecular flexibility index (Phi) is 4.72. The maximum Gasteiger partial charge on any atom is 0.438 e. The van der Waals surface area contributed by atoms with E-state index in [1.807, 2.05) is 0 Å². The smallest absolute Gasteiger partial charge is 0.362 e. The van der Waals surface area contributed by atoms with Gasteiger partial charge in [-0.15, -0.1) is 0 Å². The van der Waals surface area contributed by atoms with E-state index in [2.05, 4.69) is 5.10 Å². The van der Waals surface area contributed by atoms with Crippen molar-refractivity contribution < 1.29 is 23.1 Å². The van der Waals surface area contributed by atoms with Crippen molar-refractivity contribution in [2.75, 3.05) is 0 Å². The van der Waals surface area contributed by atoms with Crippen LogP contribution in [0.1, 0.15) is 22.3 Å². The first-order chi connectivity index (χ1) is 12.1. The lowest BCUT2D eigenvalue weighted by Crippen LogP contribution is -2.56. The molecule has 4 nitrogen and oxygen atoms in total. The number of rotatable bonds is 2. The lowest BCUT2D eigenvalue weighted by Gasteiger charge is -2.32. The Hall–Kier alpha value is -2.09. The number of aliphatic hydroxyl groups is 1. The molecule has 1 N–H and O–H groups in total. The fourth-order valence-electron chi connectivity index (χ4n) is 2.50. The predicted molar refractivity (Wildman–Crippen MR) is 91.2 cm³/mol. The summed E-state index contributed by atoms with van der Waals surface area (Å²) in [4.78, 5) is 12.5. The molecule has 1 atom stereocenters. The lowest BCUT2D eigenvalue weighted by molar-refractivity contribution is -0.297. The minimum absolute atomic E-state index is 0.0696. The molecule has 0 radical (unpaired) electrons. The van der Waals surface area contributed by atoms with Crippen molar-refractivity contribution in [3.63, 3.8) is 0 Å². The SMILES string of the molecule is O=C(c1ccc(Cl)cc1)N1N=C(c2ccc(Cl)cc2)C[C@]1(O)C(F)(F)F. The second-order valence-corrected chi connectivity index (χ2v) is 6.54. The first-order valence-electron chi connectivity index (χ1n) is 7.34. The van der Waals surface area contributed by atoms with E-state index in [4.69, 9.17) is 23.2 Å². The van der Waals surface area contributed by atoms with Crippen LogP contribution in [0.3, 0.4) is 0 Å². The van der Waals surface area contributed by atoms with E-state index in [1.165, 1.54) is 48.5 Å². The molecule has 2 aromatic carbocycles. The van der Waals surface area contributed by atoms with E-state index in [0.717, 1.165) is 0 Å². The topological polar surface area (TPSA) is 52.9 Å². The largest absolute Gasteiger partial charge is 0.438 e. The first kappa shape index (κ1) is 18.7. The lowest BCUT2D eigenvalue weighted by atomic mass is 10.0. The summed E-state index contributed by atoms with van der Waals surface area (Å²) in [7, 11) is 0. The van der Waals surface area contributed by atoms with Gasteiger partial charge >= 0.3 is 6.18 Å². The molecule has 9 heteroatoms. The summed E-state index contributed by atoms with van der Waals surface area (Å²) in [6, 6.07) is 11.1. The van der Waals surface area contributed by atoms with Crippen LogP contribution in [0.5, 0.6) is 0 Å². The van der Waals surface area contributed by atoms with Crippen molar-refractivity contribution in [1.82, 2.24) is 5.01 Å². The number of hydrogen-bond donors (Lipinski definition) is 1. The van der Waals surface area contributed by atoms with Gasteiger partial charge in [0.25, 0.3) is 11.6 Å². The van der Waals surface area contributed by atoms with Gasteiger partial charge in [-0.25, -0.2) is 0 Å². The standard InChI is InChI=1S/C17H11Cl2F3N2O2/c18-12-5-1-10(2-6-12)14-9-16(26,17(20,21)22)24(23-14)15(25)11-3-7-13(19)8-4-11/h1-8,26H,9H2/t16-/m0/s1. The van der Waals surface area contributed by atoms with E-state index < -0.39 is 24.2 Å². The quantitative estimate of drug-likeness (QED) is 0.803. The third-order valence-corrected chi connectivity index (χ3v) is 4.40. The number of halogens is 5. The number of alkyl halides is 3. The number of carbonyl (C=O) groups excluding carboxylic acids is 1. The molecule has 0 unspecified atom stereocenters. The highest BCUT2D eigenvalue weighted by molar-refractivity contribution is 6.31. The zero-order chi connectivity index (χ0) is 19.1. The van der Waals surface area contributed by atoms with Gasteiger partial charge in [0.05, 0.1) is 12.1 Å². The molecule has 26 heavy (non-hydrogen) atoms. The third-order valence-electron chi connectivity index (χ3n) is 3.90. The normalized spacial score (nSPS) is 20.2. The molecule has 2 aromatic rings. The van der Waals surface area contributed by atoms with Crippen molar-refractivity contribution in [3.8, 4) is 0 Å². The summed E-state index contributed by atoms with van der Waals surface area (Å²) in [5.74, 6) is -1.09. The minimum atomic E-state index is -5.10. The van der Waals surface area contributed by atoms with Crippen molar-refractivity contribution in [3.05, 3.63) is 69.7 Å². The summed E-state index contributed by atoms with van der Waals surface area (Å²) < 4.78 is 40.6. The maximum absolute atomic E-state index is 13.5. The Balaban J connectivity index is 2.03. The van der Waals surface area contributed by atoms with Crippen LogP contribution in [-0.4, -0.2) is 33.6 Å². The maximum atomic E-state index is 13.5. The molecule has 0 saturated carbocycles. The first-order valence-corrected chi connectivity index (χ1v) is 8.10. The Labute approximate surface area is 156 Å². The van der Waals surface area contributed by atoms with Crippen LogP contribution in [0, 0.1) is 0 Å². The molecule has 0 spiro atoms. The minimum Gasteiger partial charge on any atom is -0.362 e. The van der Waals surface area contributed by atoms with Crippen LogP contribution in [0.2, 0.25) is 10.0 Å². The van der Waals surface area contributed by atoms with Crippen LogP contribution in [0.4, 0.5) is 13.2 Å². The third kappa shape index (κ3) is 3.30. The monoisotopic (exact) mass is 402 g/mol. The summed E-state index contributed by atoms with van der Waals surface area (Å²) >= 11 is 11.5. The molecule has 0 aliphatic carbocycles. The fraction of sp³-hybridized carbons (Fsp3) is 0.176. The van der Waals surface area contributed by atoms with Gasteiger partial charge < -0.3 is 5.11 Å². The van der Waals surface area contributed by atoms with Crippen molar-refractivity contribution >= 4 is 34.8 Å². The van der Waals surface area contributed by atoms with Gasteiger partial charge in [-0.05, 0) is 42.0 Å². The molecule has 3 rings (SSSR count). The van der Waals surface area contributed by atoms with Gasteiger partial charge in [0.1, 0.15) is 0 Å². The number of hydrogen-bond acceptors (Lipinski definition) is 3. The van der Waals surface area contributed by atoms with Gasteiger partial charge in [-0.3, -0.25) is 4.79 Å². The Morgan fingerprint density at radius 2 is 1.54 bits per heavy atom. The van der Waals surface area contributed by atoms with Crippen LogP contribution in [0.25, 0.3) is 0 Å². The second-order valence-electron chi connectivity index (χ2n) is 5.67. The van der Waals surface area contributed by atoms with Gasteiger partial charge in [-0.2, -0.15) is 23.3 Å². The van der Waals surface area contributed by atoms with Crippen molar-refractivity contribution in [1.29, 1.82) is 0 Å². The van der Waals surface area contributed by atoms with E-state index in [9.17, 15) is 23.1 Å². The van der Waals surface area contributed by atoms with Crippen molar-refractivity contribution in [2.24, 2.45) is 5.10 Å². The molecule has 0 bridgehead atoms. The highest BCUT2D eigenvalue weighted by Gasteiger charge is 2.63. The molecule has 0 fully saturated rings. The molecule has 1 aliphatic rings. The van der Waals surface area contributed by atoms with Gasteiger partial charge in [0.15, 0.2) is 0 Å². The highest BCUT2D eigenvalue weighted by Crippen LogP contribution is 2.42. The van der Waals surface area contributed by atoms with Crippen LogP contribution >= 0.6 is 23.2 Å². The number of hydrazone groups is 1. The highest BCUT2D eigenvalue weighted by atomic mass is 35.5. The van der Waals surface area contributed by atoms with Gasteiger partial charge in [-0.1, -0.05) is 35.3 Å². The molecular weight excluding hydrogens is 392 g/mol. The average molecular weight is 403 g/mol. The van der Waals surface area contributed by atoms with E-state index in [1.54, 1.807) is 0 Å². The van der Waals surface area contributed by atoms with Crippen LogP contribution < -0.4 is 0 Å². The number of carbonyl (C=O) groups is 1. The predicted octanol–water partition coefficient (Wildman–Crippen LogP) is 4.49. The second kappa shape index (κ2) is 6.57. The summed E-state index contributed by atoms with van der Waals surface area (Å²) in [5, 5.41) is 14.8. The Bertz CT molecular complexity index is 867. The van der Waals surface area contributed by atoms with Crippen molar-refractivity contribution in [2.45, 2.75) is 18.3 Å².